The van der Waals surface area contributed by atoms with Crippen molar-refractivity contribution in [2.24, 2.45) is 0 Å². The fourth-order valence-electron chi connectivity index (χ4n) is 1.75. The highest BCUT2D eigenvalue weighted by molar-refractivity contribution is 9.10. The molecule has 1 aliphatic rings. The fourth-order valence-corrected chi connectivity index (χ4v) is 2.23. The number of carbonyl (C=O) groups excluding carboxylic acids is 1. The molecule has 5 nitrogen and oxygen atoms in total. The van der Waals surface area contributed by atoms with Gasteiger partial charge in [0.15, 0.2) is 0 Å². The van der Waals surface area contributed by atoms with E-state index in [0.717, 1.165) is 12.8 Å². The highest BCUT2D eigenvalue weighted by Crippen LogP contribution is 2.25. The Balaban J connectivity index is 2.09. The molecule has 1 aromatic rings. The Kier molecular flexibility index (Phi) is 3.98. The van der Waals surface area contributed by atoms with E-state index >= 15 is 0 Å². The van der Waals surface area contributed by atoms with Gasteiger partial charge in [-0.3, -0.25) is 4.79 Å². The van der Waals surface area contributed by atoms with E-state index in [0.29, 0.717) is 16.8 Å². The van der Waals surface area contributed by atoms with Gasteiger partial charge in [-0.1, -0.05) is 0 Å². The highest BCUT2D eigenvalue weighted by Gasteiger charge is 2.24. The van der Waals surface area contributed by atoms with Crippen LogP contribution in [0.15, 0.2) is 22.7 Å². The van der Waals surface area contributed by atoms with Crippen molar-refractivity contribution in [3.8, 4) is 0 Å². The number of hydrogen-bond donors (Lipinski definition) is 2. The molecular weight excluding hydrogens is 302 g/mol. The predicted molar refractivity (Wildman–Crippen MR) is 68.7 cm³/mol. The molecule has 6 heteroatoms. The lowest BCUT2D eigenvalue weighted by atomic mass is 10.2. The fraction of sp³-hybridized carbons (Fsp3) is 0.333. The van der Waals surface area contributed by atoms with Crippen LogP contribution in [0, 0.1) is 0 Å². The molecule has 96 valence electrons. The summed E-state index contributed by atoms with van der Waals surface area (Å²) in [5.41, 5.74) is 0.706. The molecule has 1 amide bonds. The smallest absolute Gasteiger partial charge is 0.335 e. The quantitative estimate of drug-likeness (QED) is 0.897. The number of ether oxygens (including phenoxy) is 1. The number of carbonyl (C=O) groups is 2. The summed E-state index contributed by atoms with van der Waals surface area (Å²) in [5.74, 6) is -1.20. The number of aromatic carboxylic acids is 1. The maximum Gasteiger partial charge on any atom is 0.335 e. The number of carboxylic acid groups (broad SMARTS) is 1. The van der Waals surface area contributed by atoms with E-state index in [1.54, 1.807) is 6.07 Å². The number of hydrogen-bond acceptors (Lipinski definition) is 3. The van der Waals surface area contributed by atoms with Gasteiger partial charge in [0, 0.05) is 11.1 Å². The summed E-state index contributed by atoms with van der Waals surface area (Å²) in [6, 6.07) is 4.45. The second-order valence-electron chi connectivity index (χ2n) is 3.99. The van der Waals surface area contributed by atoms with E-state index in [2.05, 4.69) is 21.2 Å². The van der Waals surface area contributed by atoms with Crippen LogP contribution in [0.4, 0.5) is 5.69 Å². The lowest BCUT2D eigenvalue weighted by Gasteiger charge is -2.12. The first-order valence-electron chi connectivity index (χ1n) is 5.53. The van der Waals surface area contributed by atoms with E-state index in [-0.39, 0.29) is 11.5 Å². The molecule has 1 unspecified atom stereocenters. The minimum Gasteiger partial charge on any atom is -0.478 e. The molecule has 1 fully saturated rings. The Morgan fingerprint density at radius 1 is 1.44 bits per heavy atom. The van der Waals surface area contributed by atoms with E-state index in [9.17, 15) is 9.59 Å². The van der Waals surface area contributed by atoms with Crippen molar-refractivity contribution in [2.45, 2.75) is 18.9 Å². The first-order valence-corrected chi connectivity index (χ1v) is 6.32. The van der Waals surface area contributed by atoms with Crippen molar-refractivity contribution in [1.29, 1.82) is 0 Å². The van der Waals surface area contributed by atoms with Crippen LogP contribution >= 0.6 is 15.9 Å². The van der Waals surface area contributed by atoms with Crippen molar-refractivity contribution in [3.05, 3.63) is 28.2 Å². The van der Waals surface area contributed by atoms with Crippen molar-refractivity contribution in [1.82, 2.24) is 0 Å². The first-order chi connectivity index (χ1) is 8.58. The van der Waals surface area contributed by atoms with Gasteiger partial charge in [-0.15, -0.1) is 0 Å². The Morgan fingerprint density at radius 3 is 2.78 bits per heavy atom. The largest absolute Gasteiger partial charge is 0.478 e. The summed E-state index contributed by atoms with van der Waals surface area (Å²) in [5, 5.41) is 11.5. The van der Waals surface area contributed by atoms with E-state index in [1.165, 1.54) is 12.1 Å². The third kappa shape index (κ3) is 2.88. The van der Waals surface area contributed by atoms with Gasteiger partial charge in [0.1, 0.15) is 6.10 Å². The third-order valence-corrected chi connectivity index (χ3v) is 3.35. The van der Waals surface area contributed by atoms with Gasteiger partial charge < -0.3 is 15.2 Å². The lowest BCUT2D eigenvalue weighted by Crippen LogP contribution is -2.27. The number of benzene rings is 1. The Labute approximate surface area is 112 Å². The standard InChI is InChI=1S/C12H12BrNO4/c13-8-6-7(12(16)17)3-4-9(8)14-11(15)10-2-1-5-18-10/h3-4,6,10H,1-2,5H2,(H,14,15)(H,16,17). The number of anilines is 1. The van der Waals surface area contributed by atoms with Gasteiger partial charge in [0.05, 0.1) is 11.3 Å². The molecular formula is C12H12BrNO4. The summed E-state index contributed by atoms with van der Waals surface area (Å²) < 4.78 is 5.80. The molecule has 0 spiro atoms. The van der Waals surface area contributed by atoms with Crippen LogP contribution in [-0.4, -0.2) is 29.7 Å². The van der Waals surface area contributed by atoms with Gasteiger partial charge in [-0.05, 0) is 47.0 Å². The summed E-state index contributed by atoms with van der Waals surface area (Å²) in [6.07, 6.45) is 1.20. The molecule has 0 saturated carbocycles. The Hall–Kier alpha value is -1.40. The van der Waals surface area contributed by atoms with Gasteiger partial charge in [-0.2, -0.15) is 0 Å². The Bertz CT molecular complexity index is 483. The summed E-state index contributed by atoms with van der Waals surface area (Å²) in [7, 11) is 0. The molecule has 1 atom stereocenters. The number of nitrogens with one attached hydrogen (secondary N) is 1. The zero-order chi connectivity index (χ0) is 13.1. The van der Waals surface area contributed by atoms with Crippen LogP contribution in [0.3, 0.4) is 0 Å². The SMILES string of the molecule is O=C(O)c1ccc(NC(=O)C2CCCO2)c(Br)c1. The van der Waals surface area contributed by atoms with Gasteiger partial charge in [-0.25, -0.2) is 4.79 Å². The van der Waals surface area contributed by atoms with Crippen LogP contribution in [0.25, 0.3) is 0 Å². The van der Waals surface area contributed by atoms with Crippen molar-refractivity contribution < 1.29 is 19.4 Å². The zero-order valence-electron chi connectivity index (χ0n) is 9.48. The van der Waals surface area contributed by atoms with Gasteiger partial charge >= 0.3 is 5.97 Å². The van der Waals surface area contributed by atoms with Crippen LogP contribution in [0.1, 0.15) is 23.2 Å². The molecule has 0 aromatic heterocycles. The van der Waals surface area contributed by atoms with Crippen LogP contribution in [0.5, 0.6) is 0 Å². The number of halogens is 1. The summed E-state index contributed by atoms with van der Waals surface area (Å²) in [4.78, 5) is 22.6. The van der Waals surface area contributed by atoms with Crippen molar-refractivity contribution in [2.75, 3.05) is 11.9 Å². The minimum atomic E-state index is -1.01. The molecule has 0 bridgehead atoms. The molecule has 2 N–H and O–H groups in total. The predicted octanol–water partition coefficient (Wildman–Crippen LogP) is 2.26. The van der Waals surface area contributed by atoms with Crippen molar-refractivity contribution >= 4 is 33.5 Å². The Morgan fingerprint density at radius 2 is 2.22 bits per heavy atom. The van der Waals surface area contributed by atoms with E-state index in [1.807, 2.05) is 0 Å². The molecule has 1 saturated heterocycles. The number of carboxylic acids is 1. The highest BCUT2D eigenvalue weighted by atomic mass is 79.9. The lowest BCUT2D eigenvalue weighted by molar-refractivity contribution is -0.124. The molecule has 1 aromatic carbocycles. The van der Waals surface area contributed by atoms with Crippen LogP contribution < -0.4 is 5.32 Å². The molecule has 1 heterocycles. The average molecular weight is 314 g/mol. The van der Waals surface area contributed by atoms with Crippen molar-refractivity contribution in [3.63, 3.8) is 0 Å². The van der Waals surface area contributed by atoms with Crippen LogP contribution in [0.2, 0.25) is 0 Å². The maximum atomic E-state index is 11.8. The molecule has 0 aliphatic carbocycles. The molecule has 18 heavy (non-hydrogen) atoms. The molecule has 0 radical (unpaired) electrons. The second kappa shape index (κ2) is 5.49. The first kappa shape index (κ1) is 13.0. The molecule has 2 rings (SSSR count). The average Bonchev–Trinajstić information content (AvgIpc) is 2.85. The number of amides is 1. The van der Waals surface area contributed by atoms with Crippen LogP contribution in [-0.2, 0) is 9.53 Å². The monoisotopic (exact) mass is 313 g/mol. The number of rotatable bonds is 3. The van der Waals surface area contributed by atoms with Gasteiger partial charge in [0.25, 0.3) is 5.91 Å². The topological polar surface area (TPSA) is 75.6 Å². The second-order valence-corrected chi connectivity index (χ2v) is 4.85. The normalized spacial score (nSPS) is 18.6. The van der Waals surface area contributed by atoms with E-state index in [4.69, 9.17) is 9.84 Å². The zero-order valence-corrected chi connectivity index (χ0v) is 11.1. The summed E-state index contributed by atoms with van der Waals surface area (Å²) in [6.45, 7) is 0.608. The third-order valence-electron chi connectivity index (χ3n) is 2.70. The van der Waals surface area contributed by atoms with Gasteiger partial charge in [0.2, 0.25) is 0 Å². The summed E-state index contributed by atoms with van der Waals surface area (Å²) >= 11 is 3.23. The minimum absolute atomic E-state index is 0.164. The molecule has 1 aliphatic heterocycles. The van der Waals surface area contributed by atoms with E-state index < -0.39 is 12.1 Å². The maximum absolute atomic E-state index is 11.8.